The second kappa shape index (κ2) is 8.53. The number of hydrogen-bond donors (Lipinski definition) is 1. The highest BCUT2D eigenvalue weighted by atomic mass is 16.6. The third kappa shape index (κ3) is 3.88. The fraction of sp³-hybridized carbons (Fsp3) is 0.348. The summed E-state index contributed by atoms with van der Waals surface area (Å²) in [6.45, 7) is -7.51. The number of para-hydroxylation sites is 2. The maximum atomic E-state index is 13.6. The molecule has 10 heteroatoms. The second-order valence-electron chi connectivity index (χ2n) is 6.96. The van der Waals surface area contributed by atoms with Gasteiger partial charge in [0.15, 0.2) is 25.8 Å². The standard InChI is InChI=1S/C23H25N5O5/c1-30-18-11-14-15(12-19(18)31-2)25-23(26-21(14)24)28-9-7-27(8-10-28)22(29)20-13-32-16-5-3-4-6-17(16)33-20/h3-6,11-12,20H,7-10,13H2,1-2H3,(H2,24,25,26)/i7D2,8D2,11D,12D,20D/hD2. The van der Waals surface area contributed by atoms with Crippen molar-refractivity contribution in [3.63, 3.8) is 0 Å². The number of hydrogen-bond acceptors (Lipinski definition) is 9. The Morgan fingerprint density at radius 2 is 1.94 bits per heavy atom. The molecule has 0 saturated carbocycles. The molecule has 2 N–H and O–H groups in total. The van der Waals surface area contributed by atoms with Crippen molar-refractivity contribution in [3.05, 3.63) is 36.4 Å². The number of anilines is 2. The number of aromatic nitrogens is 2. The molecule has 1 amide bonds. The first-order chi connectivity index (χ1) is 19.6. The fourth-order valence-electron chi connectivity index (χ4n) is 3.30. The molecular formula is C23H25N5O5. The number of fused-ring (bicyclic) bond motifs is 2. The van der Waals surface area contributed by atoms with Crippen LogP contribution < -0.4 is 29.6 Å². The number of carbonyl (C=O) groups excluding carboxylic acids is 1. The minimum atomic E-state index is -2.75. The lowest BCUT2D eigenvalue weighted by atomic mass is 10.2. The number of rotatable bonds is 5. The Labute approximate surface area is 203 Å². The van der Waals surface area contributed by atoms with Crippen LogP contribution >= 0.6 is 0 Å². The second-order valence-corrected chi connectivity index (χ2v) is 6.96. The summed E-state index contributed by atoms with van der Waals surface area (Å²) < 4.78 is 97.5. The summed E-state index contributed by atoms with van der Waals surface area (Å²) in [7, 11) is 2.51. The molecule has 3 aromatic rings. The molecule has 2 aromatic carbocycles. The van der Waals surface area contributed by atoms with Gasteiger partial charge in [0, 0.05) is 37.5 Å². The van der Waals surface area contributed by atoms with Crippen molar-refractivity contribution in [1.82, 2.24) is 14.9 Å². The third-order valence-electron chi connectivity index (χ3n) is 4.97. The van der Waals surface area contributed by atoms with Gasteiger partial charge >= 0.3 is 0 Å². The van der Waals surface area contributed by atoms with Gasteiger partial charge in [-0.05, 0) is 18.2 Å². The Bertz CT molecular complexity index is 1560. The van der Waals surface area contributed by atoms with Gasteiger partial charge in [0.25, 0.3) is 5.91 Å². The van der Waals surface area contributed by atoms with Crippen molar-refractivity contribution in [2.45, 2.75) is 6.08 Å². The van der Waals surface area contributed by atoms with Gasteiger partial charge in [0.1, 0.15) is 12.4 Å². The average molecular weight is 461 g/mol. The number of amides is 1. The highest BCUT2D eigenvalue weighted by Crippen LogP contribution is 2.34. The van der Waals surface area contributed by atoms with Crippen LogP contribution in [0.25, 0.3) is 10.9 Å². The fourth-order valence-corrected chi connectivity index (χ4v) is 3.30. The molecule has 1 aromatic heterocycles. The minimum Gasteiger partial charge on any atom is -0.493 e. The van der Waals surface area contributed by atoms with Gasteiger partial charge < -0.3 is 34.5 Å². The lowest BCUT2D eigenvalue weighted by Gasteiger charge is -2.37. The first-order valence-electron chi connectivity index (χ1n) is 14.3. The maximum Gasteiger partial charge on any atom is 0.267 e. The van der Waals surface area contributed by atoms with Crippen molar-refractivity contribution < 1.29 is 36.2 Å². The molecule has 1 fully saturated rings. The molecule has 10 nitrogen and oxygen atoms in total. The van der Waals surface area contributed by atoms with E-state index in [4.69, 9.17) is 31.4 Å². The molecule has 3 heterocycles. The lowest BCUT2D eigenvalue weighted by molar-refractivity contribution is -0.141. The molecule has 2 aliphatic rings. The van der Waals surface area contributed by atoms with Crippen molar-refractivity contribution in [3.8, 4) is 23.0 Å². The van der Waals surface area contributed by atoms with Crippen LogP contribution in [0, 0.1) is 0 Å². The zero-order chi connectivity index (χ0) is 30.8. The predicted octanol–water partition coefficient (Wildman–Crippen LogP) is 1.72. The first kappa shape index (κ1) is 12.9. The van der Waals surface area contributed by atoms with Crippen LogP contribution in [0.3, 0.4) is 0 Å². The van der Waals surface area contributed by atoms with Crippen LogP contribution in [0.2, 0.25) is 2.82 Å². The number of benzene rings is 2. The summed E-state index contributed by atoms with van der Waals surface area (Å²) in [6.07, 6.45) is -2.49. The van der Waals surface area contributed by atoms with E-state index in [0.717, 1.165) is 4.90 Å². The van der Waals surface area contributed by atoms with E-state index in [0.29, 0.717) is 4.90 Å². The number of nitrogens with zero attached hydrogens (tertiary/aromatic N) is 4. The summed E-state index contributed by atoms with van der Waals surface area (Å²) >= 11 is 0. The Hall–Kier alpha value is -3.95. The number of methoxy groups -OCH3 is 2. The zero-order valence-corrected chi connectivity index (χ0v) is 17.7. The smallest absolute Gasteiger partial charge is 0.267 e. The van der Waals surface area contributed by atoms with Crippen molar-refractivity contribution in [1.29, 1.82) is 0 Å². The Morgan fingerprint density at radius 3 is 2.67 bits per heavy atom. The Kier molecular flexibility index (Phi) is 3.34. The number of nitrogen functional groups attached to an aromatic ring is 1. The Balaban J connectivity index is 1.55. The molecule has 33 heavy (non-hydrogen) atoms. The molecule has 2 aliphatic heterocycles. The van der Waals surface area contributed by atoms with Gasteiger partial charge in [-0.25, -0.2) is 4.98 Å². The van der Waals surface area contributed by atoms with Crippen molar-refractivity contribution >= 4 is 28.6 Å². The topological polar surface area (TPSA) is 112 Å². The van der Waals surface area contributed by atoms with Crippen LogP contribution in [-0.4, -0.2) is 73.8 Å². The summed E-state index contributed by atoms with van der Waals surface area (Å²) in [4.78, 5) is 23.3. The van der Waals surface area contributed by atoms with E-state index < -0.39 is 50.5 Å². The zero-order valence-electron chi connectivity index (χ0n) is 26.7. The molecule has 1 atom stereocenters. The number of piperazine rings is 1. The molecule has 1 unspecified atom stereocenters. The monoisotopic (exact) mass is 460 g/mol. The summed E-state index contributed by atoms with van der Waals surface area (Å²) in [5, 5.41) is -0.183. The molecule has 0 aliphatic carbocycles. The Morgan fingerprint density at radius 1 is 1.21 bits per heavy atom. The maximum absolute atomic E-state index is 13.6. The van der Waals surface area contributed by atoms with E-state index in [1.807, 2.05) is 0 Å². The van der Waals surface area contributed by atoms with Gasteiger partial charge in [-0.3, -0.25) is 4.79 Å². The quantitative estimate of drug-likeness (QED) is 0.608. The molecule has 0 radical (unpaired) electrons. The first-order valence-corrected chi connectivity index (χ1v) is 9.86. The van der Waals surface area contributed by atoms with E-state index in [-0.39, 0.29) is 57.7 Å². The van der Waals surface area contributed by atoms with Crippen LogP contribution in [-0.2, 0) is 4.79 Å². The molecular weight excluding hydrogens is 426 g/mol. The SMILES string of the molecule is [2H]c1c(OC)c(OC)c([2H])c2c(N([2H])[2H])nc(N3CC([2H])([2H])N(C(=O)C4([2H])COc5ccccc5O4)C([2H])([2H])C3)nc12. The van der Waals surface area contributed by atoms with E-state index in [1.165, 1.54) is 20.3 Å². The minimum absolute atomic E-state index is 0.0753. The van der Waals surface area contributed by atoms with E-state index in [9.17, 15) is 4.79 Å². The normalized spacial score (nSPS) is 26.8. The van der Waals surface area contributed by atoms with E-state index in [1.54, 1.807) is 18.2 Å². The summed E-state index contributed by atoms with van der Waals surface area (Å²) in [5.74, 6) is -2.06. The number of ether oxygens (including phenoxy) is 4. The van der Waals surface area contributed by atoms with Gasteiger partial charge in [-0.1, -0.05) is 12.1 Å². The molecule has 0 spiro atoms. The van der Waals surface area contributed by atoms with E-state index in [2.05, 4.69) is 9.97 Å². The van der Waals surface area contributed by atoms with Gasteiger partial charge in [0.05, 0.1) is 29.3 Å². The number of nitrogens with two attached hydrogens (primary N) is 1. The lowest BCUT2D eigenvalue weighted by Crippen LogP contribution is -2.54. The number of carbonyl (C=O) groups is 1. The van der Waals surface area contributed by atoms with Gasteiger partial charge in [0.2, 0.25) is 12.0 Å². The average Bonchev–Trinajstić information content (AvgIpc) is 2.92. The molecule has 0 bridgehead atoms. The van der Waals surface area contributed by atoms with Gasteiger partial charge in [-0.15, -0.1) is 0 Å². The largest absolute Gasteiger partial charge is 0.493 e. The van der Waals surface area contributed by atoms with Crippen LogP contribution in [0.15, 0.2) is 36.4 Å². The van der Waals surface area contributed by atoms with Crippen molar-refractivity contribution in [2.75, 3.05) is 57.5 Å². The third-order valence-corrected chi connectivity index (χ3v) is 4.97. The molecule has 1 saturated heterocycles. The summed E-state index contributed by atoms with van der Waals surface area (Å²) in [5.41, 5.74) is -0.138. The molecule has 172 valence electrons. The predicted molar refractivity (Wildman–Crippen MR) is 122 cm³/mol. The molecule has 5 rings (SSSR count). The highest BCUT2D eigenvalue weighted by Gasteiger charge is 2.33. The van der Waals surface area contributed by atoms with E-state index >= 15 is 0 Å². The highest BCUT2D eigenvalue weighted by molar-refractivity contribution is 5.91. The van der Waals surface area contributed by atoms with Crippen LogP contribution in [0.4, 0.5) is 11.8 Å². The van der Waals surface area contributed by atoms with Crippen molar-refractivity contribution in [2.24, 2.45) is 0 Å². The summed E-state index contributed by atoms with van der Waals surface area (Å²) in [6, 6.07) is 5.58. The van der Waals surface area contributed by atoms with Crippen LogP contribution in [0.5, 0.6) is 23.0 Å². The van der Waals surface area contributed by atoms with Gasteiger partial charge in [-0.2, -0.15) is 4.98 Å². The van der Waals surface area contributed by atoms with Crippen LogP contribution in [0.1, 0.15) is 9.60 Å².